The number of rotatable bonds is 3. The number of carbonyl (C=O) groups excluding carboxylic acids is 1. The molecule has 4 N–H and O–H groups in total. The van der Waals surface area contributed by atoms with Gasteiger partial charge in [0, 0.05) is 22.4 Å². The molecule has 0 aliphatic carbocycles. The molecule has 1 unspecified atom stereocenters. The normalized spacial score (nSPS) is 11.8. The standard InChI is InChI=1S/C15H16ClN3O/c1-10(17)11-2-6-13(7-3-11)18-15(20)19-14-8-4-12(16)5-9-14/h2-10H,17H2,1H3,(H2,18,19,20). The molecule has 0 saturated heterocycles. The Hall–Kier alpha value is -2.04. The van der Waals surface area contributed by atoms with Crippen LogP contribution in [0.2, 0.25) is 5.02 Å². The average Bonchev–Trinajstić information content (AvgIpc) is 2.42. The number of anilines is 2. The minimum absolute atomic E-state index is 0.0213. The maximum Gasteiger partial charge on any atom is 0.323 e. The van der Waals surface area contributed by atoms with E-state index in [1.807, 2.05) is 31.2 Å². The maximum absolute atomic E-state index is 11.8. The molecular weight excluding hydrogens is 274 g/mol. The molecule has 2 rings (SSSR count). The summed E-state index contributed by atoms with van der Waals surface area (Å²) in [4.78, 5) is 11.8. The minimum Gasteiger partial charge on any atom is -0.324 e. The van der Waals surface area contributed by atoms with E-state index in [0.717, 1.165) is 5.56 Å². The third-order valence-corrected chi connectivity index (χ3v) is 3.05. The van der Waals surface area contributed by atoms with Gasteiger partial charge in [-0.05, 0) is 48.9 Å². The Kier molecular flexibility index (Phi) is 4.61. The molecule has 2 amide bonds. The monoisotopic (exact) mass is 289 g/mol. The van der Waals surface area contributed by atoms with Crippen LogP contribution in [0.5, 0.6) is 0 Å². The van der Waals surface area contributed by atoms with Gasteiger partial charge in [-0.15, -0.1) is 0 Å². The van der Waals surface area contributed by atoms with Crippen molar-refractivity contribution in [3.05, 3.63) is 59.1 Å². The number of halogens is 1. The number of hydrogen-bond acceptors (Lipinski definition) is 2. The highest BCUT2D eigenvalue weighted by atomic mass is 35.5. The van der Waals surface area contributed by atoms with E-state index in [1.165, 1.54) is 0 Å². The van der Waals surface area contributed by atoms with Gasteiger partial charge in [-0.1, -0.05) is 23.7 Å². The summed E-state index contributed by atoms with van der Waals surface area (Å²) < 4.78 is 0. The smallest absolute Gasteiger partial charge is 0.323 e. The highest BCUT2D eigenvalue weighted by molar-refractivity contribution is 6.30. The van der Waals surface area contributed by atoms with Gasteiger partial charge in [-0.3, -0.25) is 0 Å². The molecule has 0 radical (unpaired) electrons. The van der Waals surface area contributed by atoms with Crippen molar-refractivity contribution < 1.29 is 4.79 Å². The van der Waals surface area contributed by atoms with Crippen LogP contribution in [-0.2, 0) is 0 Å². The Morgan fingerprint density at radius 1 is 1.00 bits per heavy atom. The topological polar surface area (TPSA) is 67.1 Å². The van der Waals surface area contributed by atoms with Crippen molar-refractivity contribution in [2.75, 3.05) is 10.6 Å². The molecule has 0 saturated carbocycles. The third-order valence-electron chi connectivity index (χ3n) is 2.80. The Morgan fingerprint density at radius 2 is 1.45 bits per heavy atom. The van der Waals surface area contributed by atoms with Crippen LogP contribution in [0.3, 0.4) is 0 Å². The summed E-state index contributed by atoms with van der Waals surface area (Å²) in [6.45, 7) is 1.91. The molecule has 20 heavy (non-hydrogen) atoms. The number of amides is 2. The van der Waals surface area contributed by atoms with Crippen molar-refractivity contribution in [3.63, 3.8) is 0 Å². The fourth-order valence-electron chi connectivity index (χ4n) is 1.70. The number of nitrogens with two attached hydrogens (primary N) is 1. The maximum atomic E-state index is 11.8. The molecule has 2 aromatic carbocycles. The Morgan fingerprint density at radius 3 is 1.90 bits per heavy atom. The molecule has 1 atom stereocenters. The minimum atomic E-state index is -0.305. The molecule has 0 aliphatic rings. The fourth-order valence-corrected chi connectivity index (χ4v) is 1.82. The first-order valence-electron chi connectivity index (χ1n) is 6.24. The lowest BCUT2D eigenvalue weighted by molar-refractivity contribution is 0.262. The predicted octanol–water partition coefficient (Wildman–Crippen LogP) is 4.00. The second kappa shape index (κ2) is 6.41. The highest BCUT2D eigenvalue weighted by Crippen LogP contribution is 2.16. The number of hydrogen-bond donors (Lipinski definition) is 3. The zero-order chi connectivity index (χ0) is 14.5. The SMILES string of the molecule is CC(N)c1ccc(NC(=O)Nc2ccc(Cl)cc2)cc1. The van der Waals surface area contributed by atoms with Gasteiger partial charge in [0.05, 0.1) is 0 Å². The molecule has 0 heterocycles. The zero-order valence-electron chi connectivity index (χ0n) is 11.1. The summed E-state index contributed by atoms with van der Waals surface area (Å²) in [7, 11) is 0. The number of nitrogens with one attached hydrogen (secondary N) is 2. The average molecular weight is 290 g/mol. The van der Waals surface area contributed by atoms with Crippen molar-refractivity contribution in [2.45, 2.75) is 13.0 Å². The molecule has 2 aromatic rings. The number of carbonyl (C=O) groups is 1. The van der Waals surface area contributed by atoms with Crippen LogP contribution < -0.4 is 16.4 Å². The van der Waals surface area contributed by atoms with Gasteiger partial charge in [-0.25, -0.2) is 4.79 Å². The first-order chi connectivity index (χ1) is 9.54. The zero-order valence-corrected chi connectivity index (χ0v) is 11.8. The van der Waals surface area contributed by atoms with Crippen molar-refractivity contribution in [3.8, 4) is 0 Å². The summed E-state index contributed by atoms with van der Waals surface area (Å²) in [6, 6.07) is 14.0. The van der Waals surface area contributed by atoms with Gasteiger partial charge in [0.25, 0.3) is 0 Å². The molecule has 0 bridgehead atoms. The molecule has 0 fully saturated rings. The molecule has 5 heteroatoms. The van der Waals surface area contributed by atoms with E-state index in [4.69, 9.17) is 17.3 Å². The lowest BCUT2D eigenvalue weighted by Gasteiger charge is -2.09. The Balaban J connectivity index is 1.95. The van der Waals surface area contributed by atoms with Gasteiger partial charge >= 0.3 is 6.03 Å². The van der Waals surface area contributed by atoms with Gasteiger partial charge in [0.1, 0.15) is 0 Å². The van der Waals surface area contributed by atoms with Crippen LogP contribution in [-0.4, -0.2) is 6.03 Å². The van der Waals surface area contributed by atoms with E-state index in [1.54, 1.807) is 24.3 Å². The Labute approximate surface area is 122 Å². The van der Waals surface area contributed by atoms with Crippen LogP contribution in [0.4, 0.5) is 16.2 Å². The third kappa shape index (κ3) is 3.98. The highest BCUT2D eigenvalue weighted by Gasteiger charge is 2.04. The first-order valence-corrected chi connectivity index (χ1v) is 6.61. The summed E-state index contributed by atoms with van der Waals surface area (Å²) in [6.07, 6.45) is 0. The van der Waals surface area contributed by atoms with Crippen LogP contribution in [0.1, 0.15) is 18.5 Å². The van der Waals surface area contributed by atoms with Crippen molar-refractivity contribution in [1.29, 1.82) is 0 Å². The molecule has 0 aliphatic heterocycles. The van der Waals surface area contributed by atoms with E-state index in [-0.39, 0.29) is 12.1 Å². The second-order valence-electron chi connectivity index (χ2n) is 4.50. The van der Waals surface area contributed by atoms with Gasteiger partial charge in [0.2, 0.25) is 0 Å². The lowest BCUT2D eigenvalue weighted by Crippen LogP contribution is -2.19. The number of urea groups is 1. The van der Waals surface area contributed by atoms with Crippen molar-refractivity contribution in [2.24, 2.45) is 5.73 Å². The summed E-state index contributed by atoms with van der Waals surface area (Å²) in [5, 5.41) is 6.10. The summed E-state index contributed by atoms with van der Waals surface area (Å²) in [5.74, 6) is 0. The molecule has 0 spiro atoms. The Bertz CT molecular complexity index is 579. The summed E-state index contributed by atoms with van der Waals surface area (Å²) in [5.41, 5.74) is 8.18. The van der Waals surface area contributed by atoms with Crippen LogP contribution >= 0.6 is 11.6 Å². The van der Waals surface area contributed by atoms with E-state index in [9.17, 15) is 4.79 Å². The summed E-state index contributed by atoms with van der Waals surface area (Å²) >= 11 is 5.78. The number of benzene rings is 2. The van der Waals surface area contributed by atoms with E-state index in [2.05, 4.69) is 10.6 Å². The fraction of sp³-hybridized carbons (Fsp3) is 0.133. The van der Waals surface area contributed by atoms with E-state index in [0.29, 0.717) is 16.4 Å². The van der Waals surface area contributed by atoms with Crippen LogP contribution in [0.25, 0.3) is 0 Å². The molecule has 0 aromatic heterocycles. The van der Waals surface area contributed by atoms with Gasteiger partial charge in [0.15, 0.2) is 0 Å². The van der Waals surface area contributed by atoms with Crippen LogP contribution in [0.15, 0.2) is 48.5 Å². The van der Waals surface area contributed by atoms with Crippen LogP contribution in [0, 0.1) is 0 Å². The van der Waals surface area contributed by atoms with Crippen molar-refractivity contribution >= 4 is 29.0 Å². The lowest BCUT2D eigenvalue weighted by atomic mass is 10.1. The second-order valence-corrected chi connectivity index (χ2v) is 4.93. The quantitative estimate of drug-likeness (QED) is 0.799. The molecular formula is C15H16ClN3O. The largest absolute Gasteiger partial charge is 0.324 e. The molecule has 4 nitrogen and oxygen atoms in total. The first kappa shape index (κ1) is 14.4. The van der Waals surface area contributed by atoms with Gasteiger partial charge < -0.3 is 16.4 Å². The van der Waals surface area contributed by atoms with Gasteiger partial charge in [-0.2, -0.15) is 0 Å². The predicted molar refractivity (Wildman–Crippen MR) is 83.1 cm³/mol. The van der Waals surface area contributed by atoms with E-state index < -0.39 is 0 Å². The van der Waals surface area contributed by atoms with Crippen molar-refractivity contribution in [1.82, 2.24) is 0 Å². The molecule has 104 valence electrons. The van der Waals surface area contributed by atoms with E-state index >= 15 is 0 Å².